The van der Waals surface area contributed by atoms with Crippen molar-refractivity contribution in [3.8, 4) is 0 Å². The predicted octanol–water partition coefficient (Wildman–Crippen LogP) is 4.36. The maximum atomic E-state index is 6.10. The van der Waals surface area contributed by atoms with Gasteiger partial charge >= 0.3 is 0 Å². The zero-order chi connectivity index (χ0) is 11.0. The van der Waals surface area contributed by atoms with E-state index in [1.165, 1.54) is 29.5 Å². The Balaban J connectivity index is 2.24. The van der Waals surface area contributed by atoms with Crippen molar-refractivity contribution in [2.24, 2.45) is 11.8 Å². The summed E-state index contributed by atoms with van der Waals surface area (Å²) < 4.78 is 0. The fraction of sp³-hybridized carbons (Fsp3) is 0.571. The van der Waals surface area contributed by atoms with Gasteiger partial charge in [0, 0.05) is 0 Å². The molecule has 0 heterocycles. The molecule has 0 spiro atoms. The van der Waals surface area contributed by atoms with Crippen LogP contribution in [0.4, 0.5) is 0 Å². The molecular weight excluding hydrogens is 204 g/mol. The van der Waals surface area contributed by atoms with Crippen molar-refractivity contribution in [2.75, 3.05) is 0 Å². The topological polar surface area (TPSA) is 0 Å². The minimum Gasteiger partial charge on any atom is -0.118 e. The van der Waals surface area contributed by atoms with Gasteiger partial charge in [0.15, 0.2) is 0 Å². The van der Waals surface area contributed by atoms with Crippen LogP contribution in [0.25, 0.3) is 0 Å². The molecule has 1 aliphatic rings. The molecule has 0 aromatic heterocycles. The van der Waals surface area contributed by atoms with Gasteiger partial charge in [-0.1, -0.05) is 32.0 Å². The minimum atomic E-state index is 0.133. The molecule has 0 unspecified atom stereocenters. The lowest BCUT2D eigenvalue weighted by Gasteiger charge is -2.12. The van der Waals surface area contributed by atoms with Gasteiger partial charge in [-0.2, -0.15) is 0 Å². The average molecular weight is 223 g/mol. The van der Waals surface area contributed by atoms with Crippen LogP contribution in [0.2, 0.25) is 0 Å². The fourth-order valence-electron chi connectivity index (χ4n) is 2.39. The molecule has 0 saturated carbocycles. The van der Waals surface area contributed by atoms with E-state index in [2.05, 4.69) is 32.0 Å². The van der Waals surface area contributed by atoms with Crippen LogP contribution in [0.3, 0.4) is 0 Å². The summed E-state index contributed by atoms with van der Waals surface area (Å²) in [4.78, 5) is 0. The molecule has 1 aromatic carbocycles. The number of fused-ring (bicyclic) bond motifs is 1. The van der Waals surface area contributed by atoms with E-state index in [9.17, 15) is 0 Å². The standard InChI is InChI=1S/C14H19Cl/c1-9(2)13-7-12-5-4-11(10(3)15)6-14(12)8-13/h4-6,9-10,13H,7-8H2,1-3H3/t10-,13+/m0/s1. The van der Waals surface area contributed by atoms with Crippen molar-refractivity contribution < 1.29 is 0 Å². The SMILES string of the molecule is CC(C)[C@@H]1Cc2ccc([C@H](C)Cl)cc2C1. The molecule has 15 heavy (non-hydrogen) atoms. The number of rotatable bonds is 2. The second kappa shape index (κ2) is 4.17. The molecule has 0 fully saturated rings. The Morgan fingerprint density at radius 2 is 1.80 bits per heavy atom. The van der Waals surface area contributed by atoms with E-state index in [4.69, 9.17) is 11.6 Å². The number of benzene rings is 1. The van der Waals surface area contributed by atoms with E-state index in [0.717, 1.165) is 11.8 Å². The zero-order valence-electron chi connectivity index (χ0n) is 9.76. The summed E-state index contributed by atoms with van der Waals surface area (Å²) in [6.07, 6.45) is 2.49. The second-order valence-electron chi connectivity index (χ2n) is 5.06. The Morgan fingerprint density at radius 3 is 2.40 bits per heavy atom. The van der Waals surface area contributed by atoms with E-state index in [1.807, 2.05) is 6.92 Å². The maximum Gasteiger partial charge on any atom is 0.0557 e. The Labute approximate surface area is 97.6 Å². The molecule has 0 amide bonds. The van der Waals surface area contributed by atoms with Gasteiger partial charge in [-0.25, -0.2) is 0 Å². The normalized spacial score (nSPS) is 21.8. The third-order valence-electron chi connectivity index (χ3n) is 3.60. The van der Waals surface area contributed by atoms with Gasteiger partial charge in [0.05, 0.1) is 5.38 Å². The average Bonchev–Trinajstić information content (AvgIpc) is 2.59. The second-order valence-corrected chi connectivity index (χ2v) is 5.71. The quantitative estimate of drug-likeness (QED) is 0.653. The smallest absolute Gasteiger partial charge is 0.0557 e. The van der Waals surface area contributed by atoms with Crippen LogP contribution in [0, 0.1) is 11.8 Å². The Kier molecular flexibility index (Phi) is 3.06. The van der Waals surface area contributed by atoms with Gasteiger partial charge in [-0.05, 0) is 48.3 Å². The molecule has 0 N–H and O–H groups in total. The maximum absolute atomic E-state index is 6.10. The molecule has 0 bridgehead atoms. The summed E-state index contributed by atoms with van der Waals surface area (Å²) in [5.74, 6) is 1.62. The van der Waals surface area contributed by atoms with Crippen molar-refractivity contribution in [2.45, 2.75) is 39.0 Å². The van der Waals surface area contributed by atoms with Crippen LogP contribution < -0.4 is 0 Å². The molecule has 0 radical (unpaired) electrons. The molecule has 1 heteroatoms. The van der Waals surface area contributed by atoms with Gasteiger partial charge < -0.3 is 0 Å². The fourth-order valence-corrected chi connectivity index (χ4v) is 2.53. The Hall–Kier alpha value is -0.490. The highest BCUT2D eigenvalue weighted by Crippen LogP contribution is 2.33. The van der Waals surface area contributed by atoms with Crippen LogP contribution in [0.1, 0.15) is 42.8 Å². The monoisotopic (exact) mass is 222 g/mol. The van der Waals surface area contributed by atoms with Gasteiger partial charge in [0.25, 0.3) is 0 Å². The first-order valence-electron chi connectivity index (χ1n) is 5.83. The van der Waals surface area contributed by atoms with Crippen molar-refractivity contribution >= 4 is 11.6 Å². The number of alkyl halides is 1. The minimum absolute atomic E-state index is 0.133. The lowest BCUT2D eigenvalue weighted by atomic mass is 9.93. The Bertz CT molecular complexity index is 352. The van der Waals surface area contributed by atoms with Gasteiger partial charge in [0.2, 0.25) is 0 Å². The summed E-state index contributed by atoms with van der Waals surface area (Å²) in [5, 5.41) is 0.133. The highest BCUT2D eigenvalue weighted by molar-refractivity contribution is 6.20. The zero-order valence-corrected chi connectivity index (χ0v) is 10.5. The number of halogens is 1. The van der Waals surface area contributed by atoms with Crippen molar-refractivity contribution in [3.63, 3.8) is 0 Å². The molecule has 1 aromatic rings. The first-order chi connectivity index (χ1) is 7.08. The van der Waals surface area contributed by atoms with Gasteiger partial charge in [-0.15, -0.1) is 11.6 Å². The highest BCUT2D eigenvalue weighted by atomic mass is 35.5. The summed E-state index contributed by atoms with van der Waals surface area (Å²) in [6, 6.07) is 6.75. The predicted molar refractivity (Wildman–Crippen MR) is 66.4 cm³/mol. The lowest BCUT2D eigenvalue weighted by molar-refractivity contribution is 0.404. The van der Waals surface area contributed by atoms with E-state index in [1.54, 1.807) is 0 Å². The number of hydrogen-bond donors (Lipinski definition) is 0. The van der Waals surface area contributed by atoms with Crippen LogP contribution in [0.15, 0.2) is 18.2 Å². The Morgan fingerprint density at radius 1 is 1.13 bits per heavy atom. The molecule has 0 saturated heterocycles. The van der Waals surface area contributed by atoms with Crippen LogP contribution in [0.5, 0.6) is 0 Å². The van der Waals surface area contributed by atoms with Crippen molar-refractivity contribution in [3.05, 3.63) is 34.9 Å². The van der Waals surface area contributed by atoms with Crippen molar-refractivity contribution in [1.29, 1.82) is 0 Å². The molecule has 0 nitrogen and oxygen atoms in total. The third-order valence-corrected chi connectivity index (χ3v) is 3.85. The highest BCUT2D eigenvalue weighted by Gasteiger charge is 2.24. The van der Waals surface area contributed by atoms with Gasteiger partial charge in [-0.3, -0.25) is 0 Å². The van der Waals surface area contributed by atoms with E-state index >= 15 is 0 Å². The van der Waals surface area contributed by atoms with Crippen molar-refractivity contribution in [1.82, 2.24) is 0 Å². The first-order valence-corrected chi connectivity index (χ1v) is 6.27. The molecule has 82 valence electrons. The van der Waals surface area contributed by atoms with Crippen LogP contribution >= 0.6 is 11.6 Å². The summed E-state index contributed by atoms with van der Waals surface area (Å²) in [7, 11) is 0. The van der Waals surface area contributed by atoms with Crippen LogP contribution in [-0.4, -0.2) is 0 Å². The summed E-state index contributed by atoms with van der Waals surface area (Å²) >= 11 is 6.10. The lowest BCUT2D eigenvalue weighted by Crippen LogP contribution is -2.07. The molecule has 2 atom stereocenters. The largest absolute Gasteiger partial charge is 0.118 e. The van der Waals surface area contributed by atoms with E-state index in [0.29, 0.717) is 0 Å². The third kappa shape index (κ3) is 2.20. The van der Waals surface area contributed by atoms with E-state index in [-0.39, 0.29) is 5.38 Å². The molecule has 1 aliphatic carbocycles. The van der Waals surface area contributed by atoms with E-state index < -0.39 is 0 Å². The first kappa shape index (κ1) is 11.0. The number of hydrogen-bond acceptors (Lipinski definition) is 0. The summed E-state index contributed by atoms with van der Waals surface area (Å²) in [5.41, 5.74) is 4.33. The molecule has 0 aliphatic heterocycles. The molecular formula is C14H19Cl. The van der Waals surface area contributed by atoms with Crippen LogP contribution in [-0.2, 0) is 12.8 Å². The summed E-state index contributed by atoms with van der Waals surface area (Å²) in [6.45, 7) is 6.68. The van der Waals surface area contributed by atoms with Gasteiger partial charge in [0.1, 0.15) is 0 Å². The molecule has 2 rings (SSSR count).